The lowest BCUT2D eigenvalue weighted by Crippen LogP contribution is -2.21. The molecule has 27 heavy (non-hydrogen) atoms. The van der Waals surface area contributed by atoms with E-state index in [1.165, 1.54) is 0 Å². The van der Waals surface area contributed by atoms with Crippen molar-refractivity contribution in [1.29, 1.82) is 0 Å². The van der Waals surface area contributed by atoms with Gasteiger partial charge < -0.3 is 14.5 Å². The Balaban J connectivity index is 1.99. The van der Waals surface area contributed by atoms with Gasteiger partial charge in [-0.2, -0.15) is 0 Å². The van der Waals surface area contributed by atoms with Gasteiger partial charge in [-0.1, -0.05) is 23.2 Å². The maximum absolute atomic E-state index is 12.5. The van der Waals surface area contributed by atoms with Crippen LogP contribution in [-0.4, -0.2) is 13.0 Å². The van der Waals surface area contributed by atoms with Gasteiger partial charge in [-0.25, -0.2) is 4.79 Å². The van der Waals surface area contributed by atoms with Gasteiger partial charge >= 0.3 is 5.63 Å². The van der Waals surface area contributed by atoms with E-state index in [0.29, 0.717) is 38.0 Å². The van der Waals surface area contributed by atoms with E-state index in [2.05, 4.69) is 5.32 Å². The summed E-state index contributed by atoms with van der Waals surface area (Å²) in [6.45, 7) is 3.65. The van der Waals surface area contributed by atoms with Gasteiger partial charge in [-0.15, -0.1) is 0 Å². The van der Waals surface area contributed by atoms with Crippen LogP contribution >= 0.6 is 23.2 Å². The van der Waals surface area contributed by atoms with Crippen LogP contribution in [0.25, 0.3) is 11.0 Å². The second kappa shape index (κ2) is 7.62. The van der Waals surface area contributed by atoms with E-state index in [0.717, 1.165) is 5.56 Å². The van der Waals surface area contributed by atoms with Crippen molar-refractivity contribution in [3.8, 4) is 5.75 Å². The molecule has 2 aromatic carbocycles. The minimum absolute atomic E-state index is 0.163. The molecule has 0 fully saturated rings. The van der Waals surface area contributed by atoms with Crippen LogP contribution < -0.4 is 15.7 Å². The first-order valence-electron chi connectivity index (χ1n) is 8.16. The molecule has 3 aromatic rings. The van der Waals surface area contributed by atoms with Crippen LogP contribution in [0.2, 0.25) is 10.0 Å². The monoisotopic (exact) mass is 405 g/mol. The number of aryl methyl sites for hydroxylation is 2. The molecule has 0 saturated heterocycles. The summed E-state index contributed by atoms with van der Waals surface area (Å²) in [5.41, 5.74) is 2.07. The molecule has 5 nitrogen and oxygen atoms in total. The van der Waals surface area contributed by atoms with Gasteiger partial charge in [0.1, 0.15) is 11.3 Å². The summed E-state index contributed by atoms with van der Waals surface area (Å²) in [5.74, 6) is 0.186. The first-order chi connectivity index (χ1) is 12.8. The lowest BCUT2D eigenvalue weighted by atomic mass is 10.0. The van der Waals surface area contributed by atoms with Crippen LogP contribution in [0, 0.1) is 13.8 Å². The number of ether oxygens (including phenoxy) is 1. The summed E-state index contributed by atoms with van der Waals surface area (Å²) in [6, 6.07) is 8.37. The maximum Gasteiger partial charge on any atom is 0.340 e. The van der Waals surface area contributed by atoms with Crippen molar-refractivity contribution in [2.75, 3.05) is 12.4 Å². The number of hydrogen-bond donors (Lipinski definition) is 1. The van der Waals surface area contributed by atoms with Gasteiger partial charge in [0.2, 0.25) is 5.91 Å². The van der Waals surface area contributed by atoms with Crippen molar-refractivity contribution in [2.24, 2.45) is 0 Å². The highest BCUT2D eigenvalue weighted by atomic mass is 35.5. The SMILES string of the molecule is COc1cc(C)cc2oc(=O)c(CC(=O)Nc3cc(Cl)ccc3Cl)c(C)c12. The van der Waals surface area contributed by atoms with Crippen molar-refractivity contribution >= 4 is 45.8 Å². The molecule has 1 N–H and O–H groups in total. The normalized spacial score (nSPS) is 10.9. The highest BCUT2D eigenvalue weighted by Gasteiger charge is 2.18. The van der Waals surface area contributed by atoms with Gasteiger partial charge in [0.05, 0.1) is 35.2 Å². The third kappa shape index (κ3) is 3.94. The van der Waals surface area contributed by atoms with Gasteiger partial charge in [0.15, 0.2) is 0 Å². The fraction of sp³-hybridized carbons (Fsp3) is 0.200. The Morgan fingerprint density at radius 1 is 1.19 bits per heavy atom. The molecule has 0 aliphatic heterocycles. The summed E-state index contributed by atoms with van der Waals surface area (Å²) >= 11 is 12.0. The summed E-state index contributed by atoms with van der Waals surface area (Å²) in [6.07, 6.45) is -0.163. The molecule has 7 heteroatoms. The Morgan fingerprint density at radius 2 is 1.93 bits per heavy atom. The summed E-state index contributed by atoms with van der Waals surface area (Å²) in [7, 11) is 1.55. The summed E-state index contributed by atoms with van der Waals surface area (Å²) in [5, 5.41) is 4.14. The molecule has 0 aliphatic carbocycles. The molecular weight excluding hydrogens is 389 g/mol. The third-order valence-corrected chi connectivity index (χ3v) is 4.81. The van der Waals surface area contributed by atoms with Crippen LogP contribution in [0.1, 0.15) is 16.7 Å². The minimum Gasteiger partial charge on any atom is -0.496 e. The van der Waals surface area contributed by atoms with E-state index in [4.69, 9.17) is 32.4 Å². The first-order valence-corrected chi connectivity index (χ1v) is 8.91. The van der Waals surface area contributed by atoms with E-state index >= 15 is 0 Å². The minimum atomic E-state index is -0.556. The summed E-state index contributed by atoms with van der Waals surface area (Å²) < 4.78 is 10.8. The second-order valence-electron chi connectivity index (χ2n) is 6.18. The molecule has 0 bridgehead atoms. The number of rotatable bonds is 4. The Labute approximate surface area is 165 Å². The predicted octanol–water partition coefficient (Wildman–Crippen LogP) is 4.91. The topological polar surface area (TPSA) is 68.5 Å². The molecule has 0 spiro atoms. The number of methoxy groups -OCH3 is 1. The molecule has 1 heterocycles. The number of carbonyl (C=O) groups excluding carboxylic acids is 1. The van der Waals surface area contributed by atoms with Crippen LogP contribution in [0.4, 0.5) is 5.69 Å². The number of carbonyl (C=O) groups is 1. The van der Waals surface area contributed by atoms with Crippen LogP contribution in [-0.2, 0) is 11.2 Å². The molecule has 3 rings (SSSR count). The lowest BCUT2D eigenvalue weighted by Gasteiger charge is -2.12. The number of amides is 1. The van der Waals surface area contributed by atoms with E-state index < -0.39 is 11.5 Å². The quantitative estimate of drug-likeness (QED) is 0.626. The predicted molar refractivity (Wildman–Crippen MR) is 107 cm³/mol. The number of halogens is 2. The highest BCUT2D eigenvalue weighted by Crippen LogP contribution is 2.31. The average Bonchev–Trinajstić information content (AvgIpc) is 2.60. The van der Waals surface area contributed by atoms with Gasteiger partial charge in [0.25, 0.3) is 0 Å². The number of fused-ring (bicyclic) bond motifs is 1. The standard InChI is InChI=1S/C20H17Cl2NO4/c1-10-6-16(26-3)19-11(2)13(20(25)27-17(19)7-10)9-18(24)23-15-8-12(21)4-5-14(15)22/h4-8H,9H2,1-3H3,(H,23,24). The number of hydrogen-bond acceptors (Lipinski definition) is 4. The number of benzene rings is 2. The third-order valence-electron chi connectivity index (χ3n) is 4.25. The largest absolute Gasteiger partial charge is 0.496 e. The van der Waals surface area contributed by atoms with Gasteiger partial charge in [-0.3, -0.25) is 4.79 Å². The molecule has 0 aliphatic rings. The zero-order chi connectivity index (χ0) is 19.7. The molecule has 0 unspecified atom stereocenters. The molecule has 140 valence electrons. The van der Waals surface area contributed by atoms with Crippen LogP contribution in [0.5, 0.6) is 5.75 Å². The van der Waals surface area contributed by atoms with Crippen LogP contribution in [0.15, 0.2) is 39.5 Å². The lowest BCUT2D eigenvalue weighted by molar-refractivity contribution is -0.115. The Morgan fingerprint density at radius 3 is 2.63 bits per heavy atom. The Kier molecular flexibility index (Phi) is 5.44. The second-order valence-corrected chi connectivity index (χ2v) is 7.03. The van der Waals surface area contributed by atoms with Gasteiger partial charge in [-0.05, 0) is 55.3 Å². The maximum atomic E-state index is 12.5. The molecule has 0 atom stereocenters. The van der Waals surface area contributed by atoms with Crippen molar-refractivity contribution in [2.45, 2.75) is 20.3 Å². The average molecular weight is 406 g/mol. The Hall–Kier alpha value is -2.50. The Bertz CT molecular complexity index is 1110. The molecule has 1 amide bonds. The zero-order valence-corrected chi connectivity index (χ0v) is 16.5. The zero-order valence-electron chi connectivity index (χ0n) is 15.0. The number of nitrogens with one attached hydrogen (secondary N) is 1. The molecular formula is C20H17Cl2NO4. The summed E-state index contributed by atoms with van der Waals surface area (Å²) in [4.78, 5) is 24.9. The fourth-order valence-electron chi connectivity index (χ4n) is 2.95. The highest BCUT2D eigenvalue weighted by molar-refractivity contribution is 6.35. The van der Waals surface area contributed by atoms with Crippen molar-refractivity contribution in [3.05, 3.63) is 67.5 Å². The molecule has 1 aromatic heterocycles. The van der Waals surface area contributed by atoms with E-state index in [1.54, 1.807) is 38.3 Å². The van der Waals surface area contributed by atoms with Gasteiger partial charge in [0, 0.05) is 5.02 Å². The molecule has 0 radical (unpaired) electrons. The number of anilines is 1. The smallest absolute Gasteiger partial charge is 0.340 e. The van der Waals surface area contributed by atoms with Crippen molar-refractivity contribution in [1.82, 2.24) is 0 Å². The van der Waals surface area contributed by atoms with Crippen molar-refractivity contribution in [3.63, 3.8) is 0 Å². The van der Waals surface area contributed by atoms with Crippen LogP contribution in [0.3, 0.4) is 0 Å². The fourth-order valence-corrected chi connectivity index (χ4v) is 3.29. The van der Waals surface area contributed by atoms with E-state index in [9.17, 15) is 9.59 Å². The van der Waals surface area contributed by atoms with E-state index in [1.807, 2.05) is 13.0 Å². The molecule has 0 saturated carbocycles. The first kappa shape index (κ1) is 19.3. The van der Waals surface area contributed by atoms with Crippen molar-refractivity contribution < 1.29 is 13.9 Å². The van der Waals surface area contributed by atoms with E-state index in [-0.39, 0.29) is 12.0 Å².